The minimum atomic E-state index is -0.551. The molecule has 0 aromatic carbocycles. The molecule has 1 N–H and O–H groups in total. The van der Waals surface area contributed by atoms with Gasteiger partial charge in [-0.05, 0) is 19.4 Å². The van der Waals surface area contributed by atoms with E-state index in [9.17, 15) is 8.78 Å². The minimum absolute atomic E-state index is 0.139. The van der Waals surface area contributed by atoms with Gasteiger partial charge in [-0.3, -0.25) is 4.98 Å². The summed E-state index contributed by atoms with van der Waals surface area (Å²) < 4.78 is 26.6. The summed E-state index contributed by atoms with van der Waals surface area (Å²) in [7, 11) is 0. The molecule has 0 unspecified atom stereocenters. The SMILES string of the molecule is Fc1cncc(F)c1[C@H]1CCCCN1. The molecule has 1 aliphatic heterocycles. The zero-order valence-electron chi connectivity index (χ0n) is 7.76. The lowest BCUT2D eigenvalue weighted by Gasteiger charge is -2.24. The first kappa shape index (κ1) is 9.52. The van der Waals surface area contributed by atoms with E-state index in [1.165, 1.54) is 0 Å². The van der Waals surface area contributed by atoms with Crippen LogP contribution in [0, 0.1) is 11.6 Å². The van der Waals surface area contributed by atoms with Gasteiger partial charge >= 0.3 is 0 Å². The molecule has 1 atom stereocenters. The third kappa shape index (κ3) is 1.75. The molecule has 0 spiro atoms. The zero-order valence-corrected chi connectivity index (χ0v) is 7.76. The molecule has 0 aliphatic carbocycles. The van der Waals surface area contributed by atoms with Gasteiger partial charge in [0.25, 0.3) is 0 Å². The maximum Gasteiger partial charge on any atom is 0.149 e. The fourth-order valence-electron chi connectivity index (χ4n) is 1.85. The summed E-state index contributed by atoms with van der Waals surface area (Å²) in [5.74, 6) is -1.10. The maximum atomic E-state index is 13.3. The van der Waals surface area contributed by atoms with Crippen LogP contribution in [0.2, 0.25) is 0 Å². The fourth-order valence-corrected chi connectivity index (χ4v) is 1.85. The van der Waals surface area contributed by atoms with Gasteiger partial charge in [0.15, 0.2) is 0 Å². The molecular formula is C10H12F2N2. The van der Waals surface area contributed by atoms with Crippen molar-refractivity contribution in [2.75, 3.05) is 6.54 Å². The number of hydrogen-bond acceptors (Lipinski definition) is 2. The summed E-state index contributed by atoms with van der Waals surface area (Å²) in [5.41, 5.74) is 0.139. The van der Waals surface area contributed by atoms with Crippen molar-refractivity contribution in [1.29, 1.82) is 0 Å². The molecule has 1 aromatic heterocycles. The molecule has 0 saturated carbocycles. The van der Waals surface area contributed by atoms with Gasteiger partial charge in [0.1, 0.15) is 11.6 Å². The number of nitrogens with one attached hydrogen (secondary N) is 1. The molecule has 1 aromatic rings. The fraction of sp³-hybridized carbons (Fsp3) is 0.500. The minimum Gasteiger partial charge on any atom is -0.310 e. The van der Waals surface area contributed by atoms with Crippen molar-refractivity contribution in [2.45, 2.75) is 25.3 Å². The Balaban J connectivity index is 2.29. The summed E-state index contributed by atoms with van der Waals surface area (Å²) >= 11 is 0. The molecule has 2 nitrogen and oxygen atoms in total. The molecule has 2 heterocycles. The average molecular weight is 198 g/mol. The molecule has 0 amide bonds. The lowest BCUT2D eigenvalue weighted by molar-refractivity contribution is 0.383. The van der Waals surface area contributed by atoms with Crippen LogP contribution in [0.4, 0.5) is 8.78 Å². The average Bonchev–Trinajstić information content (AvgIpc) is 2.19. The van der Waals surface area contributed by atoms with Gasteiger partial charge in [0.05, 0.1) is 12.4 Å². The smallest absolute Gasteiger partial charge is 0.149 e. The largest absolute Gasteiger partial charge is 0.310 e. The molecule has 0 radical (unpaired) electrons. The molecule has 76 valence electrons. The molecule has 14 heavy (non-hydrogen) atoms. The zero-order chi connectivity index (χ0) is 9.97. The van der Waals surface area contributed by atoms with E-state index >= 15 is 0 Å². The second kappa shape index (κ2) is 4.00. The standard InChI is InChI=1S/C10H12F2N2/c11-7-5-13-6-8(12)10(7)9-3-1-2-4-14-9/h5-6,9,14H,1-4H2/t9-/m1/s1. The summed E-state index contributed by atoms with van der Waals surface area (Å²) in [6.45, 7) is 0.825. The van der Waals surface area contributed by atoms with E-state index in [4.69, 9.17) is 0 Å². The molecule has 2 rings (SSSR count). The normalized spacial score (nSPS) is 22.3. The van der Waals surface area contributed by atoms with Crippen LogP contribution < -0.4 is 5.32 Å². The maximum absolute atomic E-state index is 13.3. The van der Waals surface area contributed by atoms with Crippen molar-refractivity contribution in [2.24, 2.45) is 0 Å². The van der Waals surface area contributed by atoms with Crippen molar-refractivity contribution in [1.82, 2.24) is 10.3 Å². The van der Waals surface area contributed by atoms with Crippen LogP contribution in [0.5, 0.6) is 0 Å². The third-order valence-electron chi connectivity index (χ3n) is 2.55. The van der Waals surface area contributed by atoms with E-state index in [2.05, 4.69) is 10.3 Å². The molecule has 1 aliphatic rings. The van der Waals surface area contributed by atoms with Crippen molar-refractivity contribution in [3.63, 3.8) is 0 Å². The number of nitrogens with zero attached hydrogens (tertiary/aromatic N) is 1. The van der Waals surface area contributed by atoms with Crippen molar-refractivity contribution in [3.8, 4) is 0 Å². The highest BCUT2D eigenvalue weighted by molar-refractivity contribution is 5.20. The Hall–Kier alpha value is -1.03. The van der Waals surface area contributed by atoms with E-state index in [1.54, 1.807) is 0 Å². The van der Waals surface area contributed by atoms with E-state index in [0.717, 1.165) is 38.2 Å². The van der Waals surface area contributed by atoms with Crippen LogP contribution in [0.1, 0.15) is 30.9 Å². The van der Waals surface area contributed by atoms with Gasteiger partial charge < -0.3 is 5.32 Å². The molecule has 4 heteroatoms. The predicted molar refractivity (Wildman–Crippen MR) is 48.7 cm³/mol. The Bertz CT molecular complexity index is 302. The topological polar surface area (TPSA) is 24.9 Å². The Kier molecular flexibility index (Phi) is 2.72. The first-order chi connectivity index (χ1) is 6.79. The van der Waals surface area contributed by atoms with Crippen molar-refractivity contribution in [3.05, 3.63) is 29.6 Å². The second-order valence-electron chi connectivity index (χ2n) is 3.52. The van der Waals surface area contributed by atoms with Crippen molar-refractivity contribution < 1.29 is 8.78 Å². The predicted octanol–water partition coefficient (Wildman–Crippen LogP) is 2.17. The lowest BCUT2D eigenvalue weighted by atomic mass is 9.98. The molecular weight excluding hydrogens is 186 g/mol. The summed E-state index contributed by atoms with van der Waals surface area (Å²) in [4.78, 5) is 3.46. The number of rotatable bonds is 1. The number of hydrogen-bond donors (Lipinski definition) is 1. The summed E-state index contributed by atoms with van der Waals surface area (Å²) in [6.07, 6.45) is 5.00. The van der Waals surface area contributed by atoms with Crippen LogP contribution in [0.3, 0.4) is 0 Å². The summed E-state index contributed by atoms with van der Waals surface area (Å²) in [5, 5.41) is 3.11. The van der Waals surface area contributed by atoms with Crippen LogP contribution in [0.25, 0.3) is 0 Å². The highest BCUT2D eigenvalue weighted by Crippen LogP contribution is 2.26. The van der Waals surface area contributed by atoms with Crippen LogP contribution in [-0.4, -0.2) is 11.5 Å². The Morgan fingerprint density at radius 1 is 1.21 bits per heavy atom. The van der Waals surface area contributed by atoms with E-state index in [-0.39, 0.29) is 11.6 Å². The molecule has 1 saturated heterocycles. The van der Waals surface area contributed by atoms with Crippen LogP contribution in [-0.2, 0) is 0 Å². The lowest BCUT2D eigenvalue weighted by Crippen LogP contribution is -2.28. The Morgan fingerprint density at radius 2 is 1.93 bits per heavy atom. The van der Waals surface area contributed by atoms with E-state index in [1.807, 2.05) is 0 Å². The van der Waals surface area contributed by atoms with Gasteiger partial charge in [0.2, 0.25) is 0 Å². The van der Waals surface area contributed by atoms with Crippen LogP contribution in [0.15, 0.2) is 12.4 Å². The number of aromatic nitrogens is 1. The van der Waals surface area contributed by atoms with Gasteiger partial charge in [0, 0.05) is 11.6 Å². The quantitative estimate of drug-likeness (QED) is 0.748. The van der Waals surface area contributed by atoms with E-state index < -0.39 is 11.6 Å². The van der Waals surface area contributed by atoms with Crippen molar-refractivity contribution >= 4 is 0 Å². The highest BCUT2D eigenvalue weighted by atomic mass is 19.1. The first-order valence-electron chi connectivity index (χ1n) is 4.81. The Labute approximate surface area is 81.4 Å². The third-order valence-corrected chi connectivity index (χ3v) is 2.55. The van der Waals surface area contributed by atoms with Crippen LogP contribution >= 0.6 is 0 Å². The summed E-state index contributed by atoms with van der Waals surface area (Å²) in [6, 6.07) is -0.188. The van der Waals surface area contributed by atoms with Gasteiger partial charge in [-0.25, -0.2) is 8.78 Å². The molecule has 1 fully saturated rings. The highest BCUT2D eigenvalue weighted by Gasteiger charge is 2.21. The van der Waals surface area contributed by atoms with Gasteiger partial charge in [-0.15, -0.1) is 0 Å². The monoisotopic (exact) mass is 198 g/mol. The molecule has 0 bridgehead atoms. The number of halogens is 2. The second-order valence-corrected chi connectivity index (χ2v) is 3.52. The number of pyridine rings is 1. The van der Waals surface area contributed by atoms with E-state index in [0.29, 0.717) is 0 Å². The first-order valence-corrected chi connectivity index (χ1v) is 4.81. The Morgan fingerprint density at radius 3 is 2.50 bits per heavy atom. The van der Waals surface area contributed by atoms with Gasteiger partial charge in [-0.2, -0.15) is 0 Å². The van der Waals surface area contributed by atoms with Gasteiger partial charge in [-0.1, -0.05) is 6.42 Å². The number of piperidine rings is 1.